The molecule has 0 unspecified atom stereocenters. The first-order valence-corrected chi connectivity index (χ1v) is 5.48. The summed E-state index contributed by atoms with van der Waals surface area (Å²) in [6.07, 6.45) is -2.76. The van der Waals surface area contributed by atoms with Gasteiger partial charge in [-0.2, -0.15) is 0 Å². The number of Topliss-reactive ketones (excluding diaryl/α,β-unsaturated/α-hetero) is 1. The van der Waals surface area contributed by atoms with Crippen molar-refractivity contribution in [3.63, 3.8) is 0 Å². The summed E-state index contributed by atoms with van der Waals surface area (Å²) >= 11 is 0. The average molecular weight is 272 g/mol. The van der Waals surface area contributed by atoms with E-state index in [2.05, 4.69) is 10.3 Å². The molecule has 1 aromatic heterocycles. The lowest BCUT2D eigenvalue weighted by atomic mass is 10.1. The van der Waals surface area contributed by atoms with Gasteiger partial charge in [-0.25, -0.2) is 18.6 Å². The van der Waals surface area contributed by atoms with Gasteiger partial charge >= 0.3 is 12.5 Å². The van der Waals surface area contributed by atoms with Gasteiger partial charge in [0.2, 0.25) is 5.78 Å². The van der Waals surface area contributed by atoms with Crippen molar-refractivity contribution >= 4 is 17.7 Å². The zero-order valence-corrected chi connectivity index (χ0v) is 10.7. The molecule has 0 saturated carbocycles. The van der Waals surface area contributed by atoms with Crippen LogP contribution in [0.4, 0.5) is 19.4 Å². The topological polar surface area (TPSA) is 68.3 Å². The standard InChI is InChI=1S/C12H14F2N2O3/c1-12(2,3)19-11(18)16-10-7(5-4-6-15-10)8(17)9(13)14/h4-6,9H,1-3H3,(H,15,16,18). The molecule has 1 heterocycles. The molecule has 0 saturated heterocycles. The van der Waals surface area contributed by atoms with Gasteiger partial charge in [0, 0.05) is 6.20 Å². The second-order valence-corrected chi connectivity index (χ2v) is 4.69. The molecular formula is C12H14F2N2O3. The molecule has 1 amide bonds. The fraction of sp³-hybridized carbons (Fsp3) is 0.417. The Kier molecular flexibility index (Phi) is 4.52. The molecule has 0 aromatic carbocycles. The summed E-state index contributed by atoms with van der Waals surface area (Å²) in [5.41, 5.74) is -1.10. The Labute approximate surface area is 109 Å². The fourth-order valence-electron chi connectivity index (χ4n) is 1.22. The quantitative estimate of drug-likeness (QED) is 0.859. The van der Waals surface area contributed by atoms with Gasteiger partial charge in [-0.15, -0.1) is 0 Å². The van der Waals surface area contributed by atoms with Gasteiger partial charge in [0.15, 0.2) is 0 Å². The van der Waals surface area contributed by atoms with Gasteiger partial charge in [0.05, 0.1) is 5.56 Å². The molecule has 0 fully saturated rings. The third-order valence-electron chi connectivity index (χ3n) is 1.89. The Morgan fingerprint density at radius 3 is 2.53 bits per heavy atom. The number of amides is 1. The number of hydrogen-bond acceptors (Lipinski definition) is 4. The molecule has 5 nitrogen and oxygen atoms in total. The van der Waals surface area contributed by atoms with Crippen molar-refractivity contribution < 1.29 is 23.1 Å². The molecule has 104 valence electrons. The molecule has 7 heteroatoms. The lowest BCUT2D eigenvalue weighted by Gasteiger charge is -2.19. The molecule has 0 atom stereocenters. The average Bonchev–Trinajstić information content (AvgIpc) is 2.26. The highest BCUT2D eigenvalue weighted by Gasteiger charge is 2.24. The first-order valence-electron chi connectivity index (χ1n) is 5.48. The van der Waals surface area contributed by atoms with E-state index in [1.54, 1.807) is 20.8 Å². The van der Waals surface area contributed by atoms with E-state index in [0.29, 0.717) is 0 Å². The van der Waals surface area contributed by atoms with Crippen LogP contribution in [-0.4, -0.2) is 28.9 Å². The van der Waals surface area contributed by atoms with Crippen LogP contribution in [0.3, 0.4) is 0 Å². The highest BCUT2D eigenvalue weighted by atomic mass is 19.3. The zero-order chi connectivity index (χ0) is 14.6. The molecule has 0 bridgehead atoms. The fourth-order valence-corrected chi connectivity index (χ4v) is 1.22. The first kappa shape index (κ1) is 15.0. The third-order valence-corrected chi connectivity index (χ3v) is 1.89. The molecular weight excluding hydrogens is 258 g/mol. The maximum atomic E-state index is 12.4. The van der Waals surface area contributed by atoms with Crippen LogP contribution in [0, 0.1) is 0 Å². The van der Waals surface area contributed by atoms with E-state index in [0.717, 1.165) is 6.07 Å². The number of aromatic nitrogens is 1. The van der Waals surface area contributed by atoms with E-state index in [4.69, 9.17) is 4.74 Å². The number of nitrogens with one attached hydrogen (secondary N) is 1. The number of carbonyl (C=O) groups excluding carboxylic acids is 2. The van der Waals surface area contributed by atoms with Crippen molar-refractivity contribution in [3.05, 3.63) is 23.9 Å². The summed E-state index contributed by atoms with van der Waals surface area (Å²) < 4.78 is 29.7. The number of carbonyl (C=O) groups is 2. The molecule has 0 aliphatic rings. The van der Waals surface area contributed by atoms with Crippen molar-refractivity contribution in [2.75, 3.05) is 5.32 Å². The number of anilines is 1. The second-order valence-electron chi connectivity index (χ2n) is 4.69. The van der Waals surface area contributed by atoms with Crippen LogP contribution in [0.15, 0.2) is 18.3 Å². The molecule has 1 rings (SSSR count). The van der Waals surface area contributed by atoms with E-state index in [-0.39, 0.29) is 11.4 Å². The number of hydrogen-bond donors (Lipinski definition) is 1. The minimum absolute atomic E-state index is 0.248. The lowest BCUT2D eigenvalue weighted by molar-refractivity contribution is 0.0634. The summed E-state index contributed by atoms with van der Waals surface area (Å²) in [5, 5.41) is 2.18. The van der Waals surface area contributed by atoms with Gasteiger partial charge in [0.25, 0.3) is 0 Å². The van der Waals surface area contributed by atoms with Gasteiger partial charge in [-0.05, 0) is 32.9 Å². The van der Waals surface area contributed by atoms with Crippen LogP contribution >= 0.6 is 0 Å². The van der Waals surface area contributed by atoms with Crippen molar-refractivity contribution in [1.82, 2.24) is 4.98 Å². The monoisotopic (exact) mass is 272 g/mol. The Bertz CT molecular complexity index is 484. The van der Waals surface area contributed by atoms with E-state index in [1.165, 1.54) is 12.3 Å². The SMILES string of the molecule is CC(C)(C)OC(=O)Nc1ncccc1C(=O)C(F)F. The maximum Gasteiger partial charge on any atom is 0.413 e. The van der Waals surface area contributed by atoms with E-state index >= 15 is 0 Å². The molecule has 0 spiro atoms. The minimum atomic E-state index is -3.16. The normalized spacial score (nSPS) is 11.3. The predicted octanol–water partition coefficient (Wildman–Crippen LogP) is 2.88. The minimum Gasteiger partial charge on any atom is -0.444 e. The summed E-state index contributed by atoms with van der Waals surface area (Å²) in [5.74, 6) is -1.65. The zero-order valence-electron chi connectivity index (χ0n) is 10.7. The summed E-state index contributed by atoms with van der Waals surface area (Å²) in [4.78, 5) is 26.4. The van der Waals surface area contributed by atoms with Gasteiger partial charge in [-0.1, -0.05) is 0 Å². The van der Waals surface area contributed by atoms with Crippen LogP contribution in [0.25, 0.3) is 0 Å². The number of ketones is 1. The number of halogens is 2. The van der Waals surface area contributed by atoms with E-state index in [9.17, 15) is 18.4 Å². The predicted molar refractivity (Wildman–Crippen MR) is 64.4 cm³/mol. The van der Waals surface area contributed by atoms with Gasteiger partial charge in [-0.3, -0.25) is 10.1 Å². The van der Waals surface area contributed by atoms with Crippen LogP contribution in [-0.2, 0) is 4.74 Å². The van der Waals surface area contributed by atoms with Gasteiger partial charge in [0.1, 0.15) is 11.4 Å². The van der Waals surface area contributed by atoms with Crippen molar-refractivity contribution in [2.24, 2.45) is 0 Å². The van der Waals surface area contributed by atoms with Crippen LogP contribution in [0.1, 0.15) is 31.1 Å². The Morgan fingerprint density at radius 1 is 1.37 bits per heavy atom. The number of ether oxygens (including phenoxy) is 1. The first-order chi connectivity index (χ1) is 8.70. The summed E-state index contributed by atoms with van der Waals surface area (Å²) in [7, 11) is 0. The van der Waals surface area contributed by atoms with Crippen molar-refractivity contribution in [1.29, 1.82) is 0 Å². The maximum absolute atomic E-state index is 12.4. The highest BCUT2D eigenvalue weighted by molar-refractivity contribution is 6.04. The molecule has 1 aromatic rings. The van der Waals surface area contributed by atoms with Crippen LogP contribution < -0.4 is 5.32 Å². The summed E-state index contributed by atoms with van der Waals surface area (Å²) in [6, 6.07) is 2.49. The van der Waals surface area contributed by atoms with E-state index in [1.807, 2.05) is 0 Å². The molecule has 0 radical (unpaired) electrons. The molecule has 0 aliphatic carbocycles. The number of nitrogens with zero attached hydrogens (tertiary/aromatic N) is 1. The third kappa shape index (κ3) is 4.61. The lowest BCUT2D eigenvalue weighted by Crippen LogP contribution is -2.28. The Morgan fingerprint density at radius 2 is 2.00 bits per heavy atom. The second kappa shape index (κ2) is 5.73. The smallest absolute Gasteiger partial charge is 0.413 e. The number of alkyl halides is 2. The van der Waals surface area contributed by atoms with Gasteiger partial charge < -0.3 is 4.74 Å². The number of rotatable bonds is 3. The summed E-state index contributed by atoms with van der Waals surface area (Å²) in [6.45, 7) is 4.95. The molecule has 1 N–H and O–H groups in total. The molecule has 0 aliphatic heterocycles. The van der Waals surface area contributed by atoms with Crippen molar-refractivity contribution in [2.45, 2.75) is 32.8 Å². The van der Waals surface area contributed by atoms with Crippen LogP contribution in [0.5, 0.6) is 0 Å². The largest absolute Gasteiger partial charge is 0.444 e. The number of pyridine rings is 1. The van der Waals surface area contributed by atoms with E-state index < -0.39 is 23.9 Å². The van der Waals surface area contributed by atoms with Crippen LogP contribution in [0.2, 0.25) is 0 Å². The molecule has 19 heavy (non-hydrogen) atoms. The Hall–Kier alpha value is -2.05. The van der Waals surface area contributed by atoms with Crippen molar-refractivity contribution in [3.8, 4) is 0 Å². The highest BCUT2D eigenvalue weighted by Crippen LogP contribution is 2.17. The Balaban J connectivity index is 2.90.